The maximum atomic E-state index is 13.3. The summed E-state index contributed by atoms with van der Waals surface area (Å²) in [5, 5.41) is 0. The fraction of sp³-hybridized carbons (Fsp3) is 0.444. The lowest BCUT2D eigenvalue weighted by Gasteiger charge is -2.07. The average Bonchev–Trinajstić information content (AvgIpc) is 2.10. The van der Waals surface area contributed by atoms with E-state index in [0.29, 0.717) is 0 Å². The number of hydrogen-bond donors (Lipinski definition) is 0. The van der Waals surface area contributed by atoms with Crippen LogP contribution in [0.1, 0.15) is 19.5 Å². The van der Waals surface area contributed by atoms with Crippen molar-refractivity contribution >= 4 is 15.9 Å². The average molecular weight is 268 g/mol. The van der Waals surface area contributed by atoms with Gasteiger partial charge < -0.3 is 0 Å². The summed E-state index contributed by atoms with van der Waals surface area (Å²) in [5.41, 5.74) is -0.0502. The van der Waals surface area contributed by atoms with E-state index in [4.69, 9.17) is 0 Å². The number of hydrogen-bond acceptors (Lipinski definition) is 1. The lowest BCUT2D eigenvalue weighted by molar-refractivity contribution is 0.442. The quantitative estimate of drug-likeness (QED) is 0.748. The molecule has 5 heteroatoms. The fourth-order valence-electron chi connectivity index (χ4n) is 1.05. The Morgan fingerprint density at radius 2 is 1.79 bits per heavy atom. The molecule has 1 rings (SSSR count). The first kappa shape index (κ1) is 11.5. The molecule has 0 N–H and O–H groups in total. The molecule has 0 unspecified atom stereocenters. The van der Waals surface area contributed by atoms with Crippen LogP contribution in [0, 0.1) is 23.5 Å². The molecule has 0 amide bonds. The van der Waals surface area contributed by atoms with Crippen LogP contribution in [0.25, 0.3) is 0 Å². The predicted molar refractivity (Wildman–Crippen MR) is 50.4 cm³/mol. The molecule has 0 spiro atoms. The van der Waals surface area contributed by atoms with E-state index in [1.54, 1.807) is 0 Å². The minimum absolute atomic E-state index is 0.0502. The zero-order valence-electron chi connectivity index (χ0n) is 7.74. The first-order valence-electron chi connectivity index (χ1n) is 4.12. The van der Waals surface area contributed by atoms with Crippen LogP contribution in [0.3, 0.4) is 0 Å². The van der Waals surface area contributed by atoms with Crippen molar-refractivity contribution in [3.05, 3.63) is 27.7 Å². The van der Waals surface area contributed by atoms with Crippen LogP contribution in [-0.2, 0) is 6.42 Å². The maximum absolute atomic E-state index is 13.3. The Kier molecular flexibility index (Phi) is 3.53. The lowest BCUT2D eigenvalue weighted by Crippen LogP contribution is -2.06. The highest BCUT2D eigenvalue weighted by molar-refractivity contribution is 9.10. The van der Waals surface area contributed by atoms with Gasteiger partial charge in [0, 0.05) is 0 Å². The molecule has 0 aliphatic carbocycles. The molecule has 0 aliphatic rings. The number of rotatable bonds is 2. The van der Waals surface area contributed by atoms with Gasteiger partial charge in [0.1, 0.15) is 0 Å². The second kappa shape index (κ2) is 4.29. The molecule has 1 heterocycles. The van der Waals surface area contributed by atoms with Gasteiger partial charge in [0.2, 0.25) is 0 Å². The molecule has 1 aromatic heterocycles. The molecule has 0 radical (unpaired) electrons. The van der Waals surface area contributed by atoms with Gasteiger partial charge in [-0.2, -0.15) is 4.39 Å². The molecule has 0 aliphatic heterocycles. The van der Waals surface area contributed by atoms with Crippen molar-refractivity contribution in [3.8, 4) is 0 Å². The number of nitrogens with zero attached hydrogens (tertiary/aromatic N) is 1. The van der Waals surface area contributed by atoms with E-state index in [1.165, 1.54) is 0 Å². The van der Waals surface area contributed by atoms with E-state index in [9.17, 15) is 13.2 Å². The van der Waals surface area contributed by atoms with Gasteiger partial charge in [0.05, 0.1) is 10.2 Å². The first-order valence-corrected chi connectivity index (χ1v) is 4.91. The van der Waals surface area contributed by atoms with E-state index in [2.05, 4.69) is 20.9 Å². The standard InChI is InChI=1S/C9H9BrF3N/c1-4(2)3-5-7(11)6(10)8(12)9(13)14-5/h4H,3H2,1-2H3. The molecule has 0 fully saturated rings. The van der Waals surface area contributed by atoms with Crippen molar-refractivity contribution in [2.75, 3.05) is 0 Å². The lowest BCUT2D eigenvalue weighted by atomic mass is 10.1. The molecule has 0 atom stereocenters. The third-order valence-corrected chi connectivity index (χ3v) is 2.35. The molecule has 1 nitrogen and oxygen atoms in total. The Bertz CT molecular complexity index is 352. The summed E-state index contributed by atoms with van der Waals surface area (Å²) in [7, 11) is 0. The Labute approximate surface area is 88.5 Å². The van der Waals surface area contributed by atoms with Crippen LogP contribution in [0.2, 0.25) is 0 Å². The molecule has 0 bridgehead atoms. The highest BCUT2D eigenvalue weighted by Crippen LogP contribution is 2.24. The first-order chi connectivity index (χ1) is 6.43. The van der Waals surface area contributed by atoms with Crippen molar-refractivity contribution in [2.45, 2.75) is 20.3 Å². The minimum atomic E-state index is -1.28. The van der Waals surface area contributed by atoms with Crippen molar-refractivity contribution in [1.82, 2.24) is 4.98 Å². The van der Waals surface area contributed by atoms with Crippen LogP contribution < -0.4 is 0 Å². The molecule has 14 heavy (non-hydrogen) atoms. The van der Waals surface area contributed by atoms with Crippen molar-refractivity contribution in [2.24, 2.45) is 5.92 Å². The Morgan fingerprint density at radius 1 is 1.21 bits per heavy atom. The largest absolute Gasteiger partial charge is 0.250 e. The van der Waals surface area contributed by atoms with Crippen LogP contribution in [-0.4, -0.2) is 4.98 Å². The summed E-state index contributed by atoms with van der Waals surface area (Å²) in [4.78, 5) is 3.23. The maximum Gasteiger partial charge on any atom is 0.250 e. The van der Waals surface area contributed by atoms with Crippen LogP contribution in [0.4, 0.5) is 13.2 Å². The van der Waals surface area contributed by atoms with Gasteiger partial charge in [-0.3, -0.25) is 0 Å². The highest BCUT2D eigenvalue weighted by atomic mass is 79.9. The van der Waals surface area contributed by atoms with Gasteiger partial charge >= 0.3 is 0 Å². The van der Waals surface area contributed by atoms with E-state index in [1.807, 2.05) is 13.8 Å². The minimum Gasteiger partial charge on any atom is -0.219 e. The monoisotopic (exact) mass is 267 g/mol. The number of pyridine rings is 1. The number of aromatic nitrogens is 1. The van der Waals surface area contributed by atoms with Crippen LogP contribution in [0.5, 0.6) is 0 Å². The van der Waals surface area contributed by atoms with E-state index in [0.717, 1.165) is 0 Å². The van der Waals surface area contributed by atoms with E-state index < -0.39 is 22.1 Å². The Balaban J connectivity index is 3.19. The van der Waals surface area contributed by atoms with Gasteiger partial charge in [0.25, 0.3) is 5.95 Å². The molecule has 1 aromatic rings. The molecule has 78 valence electrons. The third kappa shape index (κ3) is 2.26. The summed E-state index contributed by atoms with van der Waals surface area (Å²) in [5.74, 6) is -3.24. The second-order valence-corrected chi connectivity index (χ2v) is 4.18. The molecular formula is C9H9BrF3N. The zero-order valence-corrected chi connectivity index (χ0v) is 9.33. The summed E-state index contributed by atoms with van der Waals surface area (Å²) < 4.78 is 38.4. The summed E-state index contributed by atoms with van der Waals surface area (Å²) in [6.07, 6.45) is 0.279. The Morgan fingerprint density at radius 3 is 2.29 bits per heavy atom. The highest BCUT2D eigenvalue weighted by Gasteiger charge is 2.18. The van der Waals surface area contributed by atoms with Gasteiger partial charge in [0.15, 0.2) is 11.6 Å². The fourth-order valence-corrected chi connectivity index (χ4v) is 1.44. The smallest absolute Gasteiger partial charge is 0.219 e. The normalized spacial score (nSPS) is 11.1. The van der Waals surface area contributed by atoms with E-state index >= 15 is 0 Å². The number of halogens is 4. The predicted octanol–water partition coefficient (Wildman–Crippen LogP) is 3.46. The molecule has 0 saturated carbocycles. The van der Waals surface area contributed by atoms with Gasteiger partial charge in [-0.25, -0.2) is 13.8 Å². The van der Waals surface area contributed by atoms with Gasteiger partial charge in [-0.15, -0.1) is 0 Å². The summed E-state index contributed by atoms with van der Waals surface area (Å²) in [6.45, 7) is 3.69. The Hall–Kier alpha value is -0.580. The van der Waals surface area contributed by atoms with Gasteiger partial charge in [-0.1, -0.05) is 13.8 Å². The van der Waals surface area contributed by atoms with Crippen LogP contribution >= 0.6 is 15.9 Å². The second-order valence-electron chi connectivity index (χ2n) is 3.39. The van der Waals surface area contributed by atoms with Crippen LogP contribution in [0.15, 0.2) is 4.47 Å². The molecule has 0 saturated heterocycles. The topological polar surface area (TPSA) is 12.9 Å². The van der Waals surface area contributed by atoms with Crippen molar-refractivity contribution in [3.63, 3.8) is 0 Å². The summed E-state index contributed by atoms with van der Waals surface area (Å²) >= 11 is 2.64. The summed E-state index contributed by atoms with van der Waals surface area (Å²) in [6, 6.07) is 0. The van der Waals surface area contributed by atoms with Crippen molar-refractivity contribution < 1.29 is 13.2 Å². The third-order valence-electron chi connectivity index (χ3n) is 1.65. The zero-order chi connectivity index (χ0) is 10.9. The van der Waals surface area contributed by atoms with E-state index in [-0.39, 0.29) is 18.0 Å². The van der Waals surface area contributed by atoms with Gasteiger partial charge in [-0.05, 0) is 28.3 Å². The molecular weight excluding hydrogens is 259 g/mol. The molecule has 0 aromatic carbocycles. The van der Waals surface area contributed by atoms with Crippen molar-refractivity contribution in [1.29, 1.82) is 0 Å². The SMILES string of the molecule is CC(C)Cc1nc(F)c(F)c(Br)c1F.